The lowest BCUT2D eigenvalue weighted by molar-refractivity contribution is -0.152. The van der Waals surface area contributed by atoms with Gasteiger partial charge in [-0.15, -0.1) is 0 Å². The van der Waals surface area contributed by atoms with Gasteiger partial charge < -0.3 is 4.74 Å². The molecule has 0 heterocycles. The number of hydrogen-bond acceptors (Lipinski definition) is 3. The Bertz CT molecular complexity index is 328. The highest BCUT2D eigenvalue weighted by molar-refractivity contribution is 6.11. The van der Waals surface area contributed by atoms with Crippen molar-refractivity contribution in [2.45, 2.75) is 40.5 Å². The van der Waals surface area contributed by atoms with Crippen LogP contribution in [0.15, 0.2) is 11.1 Å². The zero-order chi connectivity index (χ0) is 11.6. The number of ether oxygens (including phenoxy) is 1. The van der Waals surface area contributed by atoms with Gasteiger partial charge in [0.15, 0.2) is 11.2 Å². The molecule has 84 valence electrons. The summed E-state index contributed by atoms with van der Waals surface area (Å²) in [7, 11) is 0. The summed E-state index contributed by atoms with van der Waals surface area (Å²) in [6.45, 7) is 7.54. The zero-order valence-electron chi connectivity index (χ0n) is 9.85. The summed E-state index contributed by atoms with van der Waals surface area (Å²) in [5.74, 6) is -0.468. The number of ketones is 1. The Hall–Kier alpha value is -1.12. The van der Waals surface area contributed by atoms with Gasteiger partial charge in [-0.1, -0.05) is 12.5 Å². The molecule has 0 aliphatic heterocycles. The van der Waals surface area contributed by atoms with Gasteiger partial charge >= 0.3 is 5.97 Å². The maximum atomic E-state index is 11.7. The van der Waals surface area contributed by atoms with Crippen LogP contribution in [-0.2, 0) is 14.3 Å². The maximum absolute atomic E-state index is 11.7. The molecule has 0 amide bonds. The summed E-state index contributed by atoms with van der Waals surface area (Å²) in [4.78, 5) is 23.3. The molecule has 1 aliphatic carbocycles. The number of carbonyl (C=O) groups excluding carboxylic acids is 2. The molecule has 0 aromatic carbocycles. The lowest BCUT2D eigenvalue weighted by Crippen LogP contribution is -2.26. The zero-order valence-corrected chi connectivity index (χ0v) is 9.85. The summed E-state index contributed by atoms with van der Waals surface area (Å²) in [6, 6.07) is 0. The van der Waals surface area contributed by atoms with Gasteiger partial charge in [0, 0.05) is 0 Å². The molecule has 3 nitrogen and oxygen atoms in total. The number of hydrogen-bond donors (Lipinski definition) is 0. The van der Waals surface area contributed by atoms with Crippen LogP contribution in [0.1, 0.15) is 40.5 Å². The molecule has 15 heavy (non-hydrogen) atoms. The van der Waals surface area contributed by atoms with Crippen molar-refractivity contribution in [2.75, 3.05) is 6.61 Å². The van der Waals surface area contributed by atoms with Crippen LogP contribution in [0.3, 0.4) is 0 Å². The third-order valence-corrected chi connectivity index (χ3v) is 3.10. The molecular weight excluding hydrogens is 192 g/mol. The fourth-order valence-corrected chi connectivity index (χ4v) is 1.88. The topological polar surface area (TPSA) is 43.4 Å². The van der Waals surface area contributed by atoms with Crippen LogP contribution in [0.2, 0.25) is 0 Å². The van der Waals surface area contributed by atoms with Gasteiger partial charge in [0.25, 0.3) is 0 Å². The molecule has 1 atom stereocenters. The molecule has 0 radical (unpaired) electrons. The lowest BCUT2D eigenvalue weighted by atomic mass is 9.99. The van der Waals surface area contributed by atoms with Gasteiger partial charge in [-0.2, -0.15) is 0 Å². The number of rotatable bonds is 4. The maximum Gasteiger partial charge on any atom is 0.324 e. The van der Waals surface area contributed by atoms with E-state index in [1.807, 2.05) is 13.8 Å². The highest BCUT2D eigenvalue weighted by Crippen LogP contribution is 2.55. The SMILES string of the molecule is CCOC(=O)C1(C(C)=O)C/C1=C(\C)CC. The first kappa shape index (κ1) is 12.0. The highest BCUT2D eigenvalue weighted by atomic mass is 16.5. The second-order valence-corrected chi connectivity index (χ2v) is 3.97. The van der Waals surface area contributed by atoms with E-state index < -0.39 is 5.41 Å². The minimum Gasteiger partial charge on any atom is -0.465 e. The van der Waals surface area contributed by atoms with Crippen LogP contribution in [-0.4, -0.2) is 18.4 Å². The van der Waals surface area contributed by atoms with E-state index in [1.165, 1.54) is 6.92 Å². The quantitative estimate of drug-likeness (QED) is 0.406. The third kappa shape index (κ3) is 1.83. The fraction of sp³-hybridized carbons (Fsp3) is 0.667. The van der Waals surface area contributed by atoms with Crippen LogP contribution in [0.5, 0.6) is 0 Å². The number of Topliss-reactive ketones (excluding diaryl/α,β-unsaturated/α-hetero) is 1. The average molecular weight is 210 g/mol. The molecule has 0 saturated heterocycles. The lowest BCUT2D eigenvalue weighted by Gasteiger charge is -2.10. The van der Waals surface area contributed by atoms with Crippen LogP contribution in [0.4, 0.5) is 0 Å². The van der Waals surface area contributed by atoms with E-state index in [-0.39, 0.29) is 11.8 Å². The minimum atomic E-state index is -0.921. The smallest absolute Gasteiger partial charge is 0.324 e. The second kappa shape index (κ2) is 4.17. The number of esters is 1. The molecule has 0 bridgehead atoms. The Morgan fingerprint density at radius 2 is 1.93 bits per heavy atom. The van der Waals surface area contributed by atoms with Crippen molar-refractivity contribution >= 4 is 11.8 Å². The first-order chi connectivity index (χ1) is 7.00. The highest BCUT2D eigenvalue weighted by Gasteiger charge is 2.61. The van der Waals surface area contributed by atoms with Gasteiger partial charge in [-0.3, -0.25) is 9.59 Å². The van der Waals surface area contributed by atoms with Crippen molar-refractivity contribution in [3.63, 3.8) is 0 Å². The Morgan fingerprint density at radius 3 is 2.33 bits per heavy atom. The van der Waals surface area contributed by atoms with Crippen LogP contribution in [0.25, 0.3) is 0 Å². The van der Waals surface area contributed by atoms with E-state index in [2.05, 4.69) is 0 Å². The van der Waals surface area contributed by atoms with Crippen molar-refractivity contribution in [3.05, 3.63) is 11.1 Å². The van der Waals surface area contributed by atoms with Gasteiger partial charge in [-0.25, -0.2) is 0 Å². The summed E-state index contributed by atoms with van der Waals surface area (Å²) >= 11 is 0. The van der Waals surface area contributed by atoms with E-state index in [0.717, 1.165) is 17.6 Å². The Labute approximate surface area is 90.5 Å². The Kier molecular flexibility index (Phi) is 3.32. The van der Waals surface area contributed by atoms with Gasteiger partial charge in [0.05, 0.1) is 6.61 Å². The fourth-order valence-electron chi connectivity index (χ4n) is 1.88. The number of allylic oxidation sites excluding steroid dienone is 1. The summed E-state index contributed by atoms with van der Waals surface area (Å²) in [6.07, 6.45) is 1.44. The van der Waals surface area contributed by atoms with Crippen molar-refractivity contribution in [1.29, 1.82) is 0 Å². The minimum absolute atomic E-state index is 0.0938. The van der Waals surface area contributed by atoms with E-state index >= 15 is 0 Å². The summed E-state index contributed by atoms with van der Waals surface area (Å²) in [5.41, 5.74) is 1.19. The normalized spacial score (nSPS) is 27.2. The van der Waals surface area contributed by atoms with Crippen LogP contribution >= 0.6 is 0 Å². The molecule has 1 fully saturated rings. The second-order valence-electron chi connectivity index (χ2n) is 3.97. The van der Waals surface area contributed by atoms with Crippen molar-refractivity contribution in [1.82, 2.24) is 0 Å². The standard InChI is InChI=1S/C12H18O3/c1-5-8(3)10-7-12(10,9(4)13)11(14)15-6-2/h5-7H2,1-4H3/b10-8-. The predicted octanol–water partition coefficient (Wildman–Crippen LogP) is 2.26. The molecule has 0 spiro atoms. The predicted molar refractivity (Wildman–Crippen MR) is 57.4 cm³/mol. The van der Waals surface area contributed by atoms with Crippen molar-refractivity contribution < 1.29 is 14.3 Å². The largest absolute Gasteiger partial charge is 0.465 e. The molecule has 0 aromatic rings. The monoisotopic (exact) mass is 210 g/mol. The summed E-state index contributed by atoms with van der Waals surface area (Å²) in [5, 5.41) is 0. The van der Waals surface area contributed by atoms with E-state index in [9.17, 15) is 9.59 Å². The van der Waals surface area contributed by atoms with Gasteiger partial charge in [0.2, 0.25) is 0 Å². The first-order valence-corrected chi connectivity index (χ1v) is 5.38. The van der Waals surface area contributed by atoms with Crippen molar-refractivity contribution in [3.8, 4) is 0 Å². The average Bonchev–Trinajstić information content (AvgIpc) is 2.93. The molecule has 3 heteroatoms. The molecule has 1 saturated carbocycles. The first-order valence-electron chi connectivity index (χ1n) is 5.38. The molecular formula is C12H18O3. The molecule has 1 rings (SSSR count). The van der Waals surface area contributed by atoms with Gasteiger partial charge in [0.1, 0.15) is 0 Å². The van der Waals surface area contributed by atoms with E-state index in [0.29, 0.717) is 13.0 Å². The van der Waals surface area contributed by atoms with Crippen LogP contribution in [0, 0.1) is 5.41 Å². The van der Waals surface area contributed by atoms with E-state index in [4.69, 9.17) is 4.74 Å². The molecule has 1 unspecified atom stereocenters. The number of carbonyl (C=O) groups is 2. The Balaban J connectivity index is 2.97. The Morgan fingerprint density at radius 1 is 1.33 bits per heavy atom. The van der Waals surface area contributed by atoms with Crippen molar-refractivity contribution in [2.24, 2.45) is 5.41 Å². The van der Waals surface area contributed by atoms with Gasteiger partial charge in [-0.05, 0) is 39.2 Å². The van der Waals surface area contributed by atoms with Crippen LogP contribution < -0.4 is 0 Å². The summed E-state index contributed by atoms with van der Waals surface area (Å²) < 4.78 is 4.96. The molecule has 0 N–H and O–H groups in total. The molecule has 1 aliphatic rings. The third-order valence-electron chi connectivity index (χ3n) is 3.10. The van der Waals surface area contributed by atoms with E-state index in [1.54, 1.807) is 6.92 Å². The molecule has 0 aromatic heterocycles.